The molecule has 0 radical (unpaired) electrons. The molecule has 1 rings (SSSR count). The molecule has 0 aliphatic rings. The van der Waals surface area contributed by atoms with E-state index in [1.54, 1.807) is 0 Å². The summed E-state index contributed by atoms with van der Waals surface area (Å²) in [7, 11) is 0. The van der Waals surface area contributed by atoms with E-state index in [0.717, 1.165) is 6.92 Å². The van der Waals surface area contributed by atoms with Gasteiger partial charge in [-0.05, 0) is 13.3 Å². The third kappa shape index (κ3) is 10.3. The zero-order chi connectivity index (χ0) is 27.4. The van der Waals surface area contributed by atoms with Crippen molar-refractivity contribution in [1.82, 2.24) is 31.2 Å². The Labute approximate surface area is 211 Å². The molecule has 8 N–H and O–H groups in total. The van der Waals surface area contributed by atoms with Crippen LogP contribution < -0.4 is 21.3 Å². The number of aliphatic hydroxyl groups excluding tert-OH is 1. The second-order valence-electron chi connectivity index (χ2n) is 7.82. The Balaban J connectivity index is 3.10. The van der Waals surface area contributed by atoms with Crippen LogP contribution in [0.15, 0.2) is 12.5 Å². The van der Waals surface area contributed by atoms with E-state index in [1.165, 1.54) is 19.4 Å². The van der Waals surface area contributed by atoms with Crippen molar-refractivity contribution in [2.24, 2.45) is 0 Å². The monoisotopic (exact) mass is 530 g/mol. The molecule has 0 aliphatic carbocycles. The van der Waals surface area contributed by atoms with Gasteiger partial charge in [0.15, 0.2) is 0 Å². The van der Waals surface area contributed by atoms with Crippen LogP contribution in [0, 0.1) is 0 Å². The van der Waals surface area contributed by atoms with Crippen LogP contribution in [0.25, 0.3) is 0 Å². The van der Waals surface area contributed by atoms with Gasteiger partial charge in [-0.2, -0.15) is 12.6 Å². The lowest BCUT2D eigenvalue weighted by atomic mass is 10.1. The summed E-state index contributed by atoms with van der Waals surface area (Å²) in [5.41, 5.74) is 0.344. The maximum atomic E-state index is 13.1. The number of thiol groups is 1. The molecule has 0 bridgehead atoms. The molecule has 0 saturated carbocycles. The largest absolute Gasteiger partial charge is 0.481 e. The van der Waals surface area contributed by atoms with Gasteiger partial charge in [-0.15, -0.1) is 0 Å². The minimum atomic E-state index is -1.59. The number of aromatic amines is 1. The minimum Gasteiger partial charge on any atom is -0.481 e. The molecule has 5 atom stereocenters. The van der Waals surface area contributed by atoms with Crippen molar-refractivity contribution in [1.29, 1.82) is 0 Å². The molecule has 16 heteroatoms. The Morgan fingerprint density at radius 3 is 2.06 bits per heavy atom. The minimum absolute atomic E-state index is 0.171. The van der Waals surface area contributed by atoms with Gasteiger partial charge < -0.3 is 41.6 Å². The number of carbonyl (C=O) groups excluding carboxylic acids is 4. The van der Waals surface area contributed by atoms with E-state index in [0.29, 0.717) is 5.69 Å². The predicted octanol–water partition coefficient (Wildman–Crippen LogP) is -2.83. The van der Waals surface area contributed by atoms with Gasteiger partial charge in [0.05, 0.1) is 18.1 Å². The summed E-state index contributed by atoms with van der Waals surface area (Å²) in [4.78, 5) is 78.7. The van der Waals surface area contributed by atoms with Gasteiger partial charge in [0, 0.05) is 31.7 Å². The number of carboxylic acid groups (broad SMARTS) is 2. The van der Waals surface area contributed by atoms with Crippen LogP contribution in [0.3, 0.4) is 0 Å². The molecule has 4 amide bonds. The topological polar surface area (TPSA) is 240 Å². The Bertz CT molecular complexity index is 940. The van der Waals surface area contributed by atoms with Gasteiger partial charge in [0.25, 0.3) is 0 Å². The standard InChI is InChI=1S/C20H30N6O9S/c1-9(27)16(19(33)25-14(7-36)20(34)35)26-18(32)13(5-11-6-21-8-22-11)24-17(31)12(23-10(2)28)3-4-15(29)30/h6,8-9,12-14,16,27,36H,3-5,7H2,1-2H3,(H,21,22)(H,23,28)(H,24,31)(H,25,33)(H,26,32)(H,29,30)(H,34,35)/t9-,12+,13+,14+,16+/m1/s1. The maximum Gasteiger partial charge on any atom is 0.327 e. The number of carbonyl (C=O) groups is 6. The average molecular weight is 531 g/mol. The maximum absolute atomic E-state index is 13.1. The van der Waals surface area contributed by atoms with Crippen LogP contribution in [0.2, 0.25) is 0 Å². The van der Waals surface area contributed by atoms with Gasteiger partial charge in [0.1, 0.15) is 24.2 Å². The van der Waals surface area contributed by atoms with Crippen molar-refractivity contribution >= 4 is 48.2 Å². The highest BCUT2D eigenvalue weighted by atomic mass is 32.1. The van der Waals surface area contributed by atoms with Gasteiger partial charge in [0.2, 0.25) is 23.6 Å². The highest BCUT2D eigenvalue weighted by Crippen LogP contribution is 2.05. The molecule has 0 fully saturated rings. The van der Waals surface area contributed by atoms with Gasteiger partial charge in [-0.25, -0.2) is 9.78 Å². The SMILES string of the molecule is CC(=O)N[C@@H](CCC(=O)O)C(=O)N[C@@H](Cc1c[nH]cn1)C(=O)N[C@H](C(=O)N[C@@H](CS)C(=O)O)[C@@H](C)O. The lowest BCUT2D eigenvalue weighted by Gasteiger charge is -2.26. The first-order valence-electron chi connectivity index (χ1n) is 10.7. The molecule has 0 unspecified atom stereocenters. The number of amides is 4. The van der Waals surface area contributed by atoms with Crippen LogP contribution in [0.5, 0.6) is 0 Å². The van der Waals surface area contributed by atoms with E-state index >= 15 is 0 Å². The number of rotatable bonds is 15. The summed E-state index contributed by atoms with van der Waals surface area (Å²) in [5.74, 6) is -6.20. The molecular formula is C20H30N6O9S. The van der Waals surface area contributed by atoms with Crippen molar-refractivity contribution in [2.45, 2.75) is 63.4 Å². The molecule has 0 aromatic carbocycles. The summed E-state index contributed by atoms with van der Waals surface area (Å²) >= 11 is 3.84. The molecule has 1 heterocycles. The number of aliphatic hydroxyl groups is 1. The number of nitrogens with one attached hydrogen (secondary N) is 5. The smallest absolute Gasteiger partial charge is 0.327 e. The van der Waals surface area contributed by atoms with E-state index in [4.69, 9.17) is 10.2 Å². The summed E-state index contributed by atoms with van der Waals surface area (Å²) in [5, 5.41) is 37.2. The molecule has 200 valence electrons. The van der Waals surface area contributed by atoms with Gasteiger partial charge in [-0.3, -0.25) is 24.0 Å². The van der Waals surface area contributed by atoms with E-state index in [2.05, 4.69) is 43.9 Å². The third-order valence-corrected chi connectivity index (χ3v) is 5.17. The van der Waals surface area contributed by atoms with Crippen molar-refractivity contribution in [3.63, 3.8) is 0 Å². The van der Waals surface area contributed by atoms with Crippen molar-refractivity contribution in [3.8, 4) is 0 Å². The Hall–Kier alpha value is -3.66. The normalized spacial score (nSPS) is 14.9. The van der Waals surface area contributed by atoms with Crippen LogP contribution in [-0.2, 0) is 35.2 Å². The Morgan fingerprint density at radius 2 is 1.58 bits per heavy atom. The Morgan fingerprint density at radius 1 is 0.972 bits per heavy atom. The number of hydrogen-bond donors (Lipinski definition) is 9. The molecule has 0 saturated heterocycles. The predicted molar refractivity (Wildman–Crippen MR) is 126 cm³/mol. The van der Waals surface area contributed by atoms with Crippen LogP contribution in [0.1, 0.15) is 32.4 Å². The summed E-state index contributed by atoms with van der Waals surface area (Å²) < 4.78 is 0. The molecule has 15 nitrogen and oxygen atoms in total. The van der Waals surface area contributed by atoms with Crippen molar-refractivity contribution in [3.05, 3.63) is 18.2 Å². The number of nitrogens with zero attached hydrogens (tertiary/aromatic N) is 1. The number of aliphatic carboxylic acids is 2. The van der Waals surface area contributed by atoms with Crippen LogP contribution >= 0.6 is 12.6 Å². The first-order chi connectivity index (χ1) is 16.8. The fraction of sp³-hybridized carbons (Fsp3) is 0.550. The second kappa shape index (κ2) is 14.7. The number of aromatic nitrogens is 2. The lowest BCUT2D eigenvalue weighted by molar-refractivity contribution is -0.142. The van der Waals surface area contributed by atoms with Crippen LogP contribution in [-0.4, -0.2) is 96.9 Å². The van der Waals surface area contributed by atoms with E-state index in [9.17, 15) is 33.9 Å². The summed E-state index contributed by atoms with van der Waals surface area (Å²) in [6, 6.07) is -5.60. The molecular weight excluding hydrogens is 500 g/mol. The molecule has 0 spiro atoms. The van der Waals surface area contributed by atoms with E-state index in [1.807, 2.05) is 0 Å². The van der Waals surface area contributed by atoms with Gasteiger partial charge in [-0.1, -0.05) is 0 Å². The lowest BCUT2D eigenvalue weighted by Crippen LogP contribution is -2.60. The first kappa shape index (κ1) is 30.4. The second-order valence-corrected chi connectivity index (χ2v) is 8.19. The molecule has 36 heavy (non-hydrogen) atoms. The highest BCUT2D eigenvalue weighted by molar-refractivity contribution is 7.80. The third-order valence-electron chi connectivity index (χ3n) is 4.80. The quantitative estimate of drug-likeness (QED) is 0.105. The Kier molecular flexibility index (Phi) is 12.4. The first-order valence-corrected chi connectivity index (χ1v) is 11.4. The molecule has 1 aromatic heterocycles. The molecule has 1 aromatic rings. The van der Waals surface area contributed by atoms with Crippen molar-refractivity contribution in [2.75, 3.05) is 5.75 Å². The van der Waals surface area contributed by atoms with Crippen LogP contribution in [0.4, 0.5) is 0 Å². The summed E-state index contributed by atoms with van der Waals surface area (Å²) in [6.07, 6.45) is 0.466. The molecule has 0 aliphatic heterocycles. The zero-order valence-electron chi connectivity index (χ0n) is 19.6. The number of carboxylic acids is 2. The number of hydrogen-bond acceptors (Lipinski definition) is 9. The number of imidazole rings is 1. The van der Waals surface area contributed by atoms with Crippen molar-refractivity contribution < 1.29 is 44.1 Å². The summed E-state index contributed by atoms with van der Waals surface area (Å²) in [6.45, 7) is 2.33. The van der Waals surface area contributed by atoms with E-state index < -0.39 is 72.3 Å². The van der Waals surface area contributed by atoms with Gasteiger partial charge >= 0.3 is 11.9 Å². The zero-order valence-corrected chi connectivity index (χ0v) is 20.4. The number of H-pyrrole nitrogens is 1. The fourth-order valence-electron chi connectivity index (χ4n) is 2.98. The fourth-order valence-corrected chi connectivity index (χ4v) is 3.23. The van der Waals surface area contributed by atoms with E-state index in [-0.39, 0.29) is 18.6 Å². The highest BCUT2D eigenvalue weighted by Gasteiger charge is 2.33. The average Bonchev–Trinajstić information content (AvgIpc) is 3.30.